The summed E-state index contributed by atoms with van der Waals surface area (Å²) in [7, 11) is 1.31. The molecule has 4 heteroatoms. The van der Waals surface area contributed by atoms with E-state index in [0.717, 1.165) is 5.56 Å². The molecule has 1 aromatic rings. The molecule has 0 saturated carbocycles. The maximum Gasteiger partial charge on any atom is 0.354 e. The van der Waals surface area contributed by atoms with Crippen molar-refractivity contribution in [3.8, 4) is 0 Å². The molecule has 1 rings (SSSR count). The number of ether oxygens (including phenoxy) is 1. The molecular formula is C11H15NO3. The largest absolute Gasteiger partial charge is 0.464 e. The Morgan fingerprint density at radius 3 is 2.47 bits per heavy atom. The summed E-state index contributed by atoms with van der Waals surface area (Å²) in [5.41, 5.74) is 1.54. The van der Waals surface area contributed by atoms with Gasteiger partial charge in [0.25, 0.3) is 0 Å². The number of methoxy groups -OCH3 is 1. The highest BCUT2D eigenvalue weighted by atomic mass is 16.5. The van der Waals surface area contributed by atoms with E-state index >= 15 is 0 Å². The topological polar surface area (TPSA) is 59.2 Å². The maximum absolute atomic E-state index is 11.6. The van der Waals surface area contributed by atoms with Gasteiger partial charge in [-0.3, -0.25) is 4.79 Å². The van der Waals surface area contributed by atoms with Gasteiger partial charge in [0, 0.05) is 5.92 Å². The van der Waals surface area contributed by atoms with E-state index in [9.17, 15) is 9.59 Å². The second-order valence-corrected chi connectivity index (χ2v) is 3.75. The van der Waals surface area contributed by atoms with E-state index in [-0.39, 0.29) is 11.7 Å². The first-order valence-corrected chi connectivity index (χ1v) is 4.79. The smallest absolute Gasteiger partial charge is 0.354 e. The summed E-state index contributed by atoms with van der Waals surface area (Å²) in [6.07, 6.45) is 0. The standard InChI is InChI=1S/C11H15NO3/c1-6(2)10(13)8-5-7(3)9(12-8)11(14)15-4/h5-6,12H,1-4H3. The number of esters is 1. The van der Waals surface area contributed by atoms with Crippen LogP contribution in [0, 0.1) is 12.8 Å². The average molecular weight is 209 g/mol. The van der Waals surface area contributed by atoms with Gasteiger partial charge in [-0.2, -0.15) is 0 Å². The number of aromatic amines is 1. The molecule has 0 aliphatic rings. The predicted molar refractivity (Wildman–Crippen MR) is 56.0 cm³/mol. The summed E-state index contributed by atoms with van der Waals surface area (Å²) in [6, 6.07) is 1.68. The molecule has 4 nitrogen and oxygen atoms in total. The monoisotopic (exact) mass is 209 g/mol. The van der Waals surface area contributed by atoms with Crippen molar-refractivity contribution in [2.24, 2.45) is 5.92 Å². The van der Waals surface area contributed by atoms with Crippen molar-refractivity contribution in [2.75, 3.05) is 7.11 Å². The number of rotatable bonds is 3. The van der Waals surface area contributed by atoms with Gasteiger partial charge in [-0.15, -0.1) is 0 Å². The van der Waals surface area contributed by atoms with Crippen molar-refractivity contribution >= 4 is 11.8 Å². The Morgan fingerprint density at radius 2 is 2.00 bits per heavy atom. The van der Waals surface area contributed by atoms with Crippen LogP contribution in [0.5, 0.6) is 0 Å². The third kappa shape index (κ3) is 2.26. The number of ketones is 1. The zero-order chi connectivity index (χ0) is 11.6. The minimum atomic E-state index is -0.449. The van der Waals surface area contributed by atoms with Crippen LogP contribution in [0.25, 0.3) is 0 Å². The van der Waals surface area contributed by atoms with E-state index in [0.29, 0.717) is 11.4 Å². The molecule has 82 valence electrons. The molecule has 0 saturated heterocycles. The van der Waals surface area contributed by atoms with Crippen LogP contribution in [-0.4, -0.2) is 23.8 Å². The lowest BCUT2D eigenvalue weighted by molar-refractivity contribution is 0.0594. The van der Waals surface area contributed by atoms with Crippen LogP contribution >= 0.6 is 0 Å². The Balaban J connectivity index is 3.06. The van der Waals surface area contributed by atoms with Crippen LogP contribution in [-0.2, 0) is 4.74 Å². The van der Waals surface area contributed by atoms with Crippen molar-refractivity contribution in [2.45, 2.75) is 20.8 Å². The van der Waals surface area contributed by atoms with Gasteiger partial charge in [0.2, 0.25) is 0 Å². The molecular weight excluding hydrogens is 194 g/mol. The van der Waals surface area contributed by atoms with Crippen molar-refractivity contribution in [1.82, 2.24) is 4.98 Å². The summed E-state index contributed by atoms with van der Waals surface area (Å²) in [5.74, 6) is -0.544. The lowest BCUT2D eigenvalue weighted by Crippen LogP contribution is -2.09. The lowest BCUT2D eigenvalue weighted by Gasteiger charge is -2.00. The average Bonchev–Trinajstić information content (AvgIpc) is 2.57. The van der Waals surface area contributed by atoms with Gasteiger partial charge in [-0.1, -0.05) is 13.8 Å². The number of aryl methyl sites for hydroxylation is 1. The zero-order valence-corrected chi connectivity index (χ0v) is 9.38. The van der Waals surface area contributed by atoms with Gasteiger partial charge in [-0.25, -0.2) is 4.79 Å². The minimum absolute atomic E-state index is 0.00625. The van der Waals surface area contributed by atoms with Crippen molar-refractivity contribution in [3.05, 3.63) is 23.0 Å². The SMILES string of the molecule is COC(=O)c1[nH]c(C(=O)C(C)C)cc1C. The van der Waals surface area contributed by atoms with Gasteiger partial charge in [0.15, 0.2) is 5.78 Å². The molecule has 0 unspecified atom stereocenters. The number of H-pyrrole nitrogens is 1. The van der Waals surface area contributed by atoms with E-state index in [4.69, 9.17) is 0 Å². The number of hydrogen-bond donors (Lipinski definition) is 1. The third-order valence-electron chi connectivity index (χ3n) is 2.19. The van der Waals surface area contributed by atoms with Gasteiger partial charge in [-0.05, 0) is 18.6 Å². The number of carbonyl (C=O) groups is 2. The molecule has 0 aliphatic carbocycles. The molecule has 0 bridgehead atoms. The van der Waals surface area contributed by atoms with E-state index in [2.05, 4.69) is 9.72 Å². The van der Waals surface area contributed by atoms with E-state index in [1.807, 2.05) is 13.8 Å². The highest BCUT2D eigenvalue weighted by molar-refractivity contribution is 5.98. The molecule has 0 spiro atoms. The van der Waals surface area contributed by atoms with E-state index in [1.54, 1.807) is 13.0 Å². The Hall–Kier alpha value is -1.58. The van der Waals surface area contributed by atoms with Gasteiger partial charge in [0.05, 0.1) is 12.8 Å². The first-order valence-electron chi connectivity index (χ1n) is 4.79. The van der Waals surface area contributed by atoms with Gasteiger partial charge in [0.1, 0.15) is 5.69 Å². The van der Waals surface area contributed by atoms with Crippen molar-refractivity contribution < 1.29 is 14.3 Å². The molecule has 0 atom stereocenters. The molecule has 0 radical (unpaired) electrons. The molecule has 0 amide bonds. The number of aromatic nitrogens is 1. The summed E-state index contributed by atoms with van der Waals surface area (Å²) in [5, 5.41) is 0. The normalized spacial score (nSPS) is 10.5. The number of nitrogens with one attached hydrogen (secondary N) is 1. The first-order chi connectivity index (χ1) is 6.97. The van der Waals surface area contributed by atoms with E-state index in [1.165, 1.54) is 7.11 Å². The van der Waals surface area contributed by atoms with Crippen LogP contribution in [0.4, 0.5) is 0 Å². The Bertz CT molecular complexity index is 391. The zero-order valence-electron chi connectivity index (χ0n) is 9.38. The molecule has 0 fully saturated rings. The van der Waals surface area contributed by atoms with Gasteiger partial charge >= 0.3 is 5.97 Å². The summed E-state index contributed by atoms with van der Waals surface area (Å²) >= 11 is 0. The number of hydrogen-bond acceptors (Lipinski definition) is 3. The van der Waals surface area contributed by atoms with Crippen LogP contribution < -0.4 is 0 Å². The number of Topliss-reactive ketones (excluding diaryl/α,β-unsaturated/α-hetero) is 1. The maximum atomic E-state index is 11.6. The molecule has 1 N–H and O–H groups in total. The number of carbonyl (C=O) groups excluding carboxylic acids is 2. The molecule has 1 heterocycles. The fourth-order valence-corrected chi connectivity index (χ4v) is 1.32. The second kappa shape index (κ2) is 4.29. The van der Waals surface area contributed by atoms with Crippen molar-refractivity contribution in [3.63, 3.8) is 0 Å². The highest BCUT2D eigenvalue weighted by Gasteiger charge is 2.18. The second-order valence-electron chi connectivity index (χ2n) is 3.75. The van der Waals surface area contributed by atoms with Crippen LogP contribution in [0.15, 0.2) is 6.07 Å². The Labute approximate surface area is 88.6 Å². The fourth-order valence-electron chi connectivity index (χ4n) is 1.32. The summed E-state index contributed by atoms with van der Waals surface area (Å²) in [4.78, 5) is 25.7. The minimum Gasteiger partial charge on any atom is -0.464 e. The third-order valence-corrected chi connectivity index (χ3v) is 2.19. The van der Waals surface area contributed by atoms with E-state index < -0.39 is 5.97 Å². The van der Waals surface area contributed by atoms with Gasteiger partial charge < -0.3 is 9.72 Å². The Kier molecular flexibility index (Phi) is 3.29. The fraction of sp³-hybridized carbons (Fsp3) is 0.455. The van der Waals surface area contributed by atoms with Crippen LogP contribution in [0.2, 0.25) is 0 Å². The lowest BCUT2D eigenvalue weighted by atomic mass is 10.1. The van der Waals surface area contributed by atoms with Crippen LogP contribution in [0.3, 0.4) is 0 Å². The highest BCUT2D eigenvalue weighted by Crippen LogP contribution is 2.14. The summed E-state index contributed by atoms with van der Waals surface area (Å²) < 4.78 is 4.59. The molecule has 15 heavy (non-hydrogen) atoms. The quantitative estimate of drug-likeness (QED) is 0.611. The molecule has 0 aliphatic heterocycles. The first kappa shape index (κ1) is 11.5. The van der Waals surface area contributed by atoms with Crippen LogP contribution in [0.1, 0.15) is 40.4 Å². The molecule has 1 aromatic heterocycles. The molecule has 0 aromatic carbocycles. The Morgan fingerprint density at radius 1 is 1.40 bits per heavy atom. The predicted octanol–water partition coefficient (Wildman–Crippen LogP) is 1.95. The summed E-state index contributed by atoms with van der Waals surface area (Å²) in [6.45, 7) is 5.40. The van der Waals surface area contributed by atoms with Crippen molar-refractivity contribution in [1.29, 1.82) is 0 Å².